The van der Waals surface area contributed by atoms with E-state index in [4.69, 9.17) is 4.74 Å². The van der Waals surface area contributed by atoms with Crippen LogP contribution in [0.3, 0.4) is 0 Å². The summed E-state index contributed by atoms with van der Waals surface area (Å²) in [5.41, 5.74) is 0.481. The van der Waals surface area contributed by atoms with Crippen LogP contribution in [0.25, 0.3) is 0 Å². The maximum Gasteiger partial charge on any atom is 0.338 e. The highest BCUT2D eigenvalue weighted by atomic mass is 16.5. The Morgan fingerprint density at radius 3 is 2.48 bits per heavy atom. The maximum atomic E-state index is 12.4. The van der Waals surface area contributed by atoms with Gasteiger partial charge in [-0.25, -0.2) is 9.69 Å². The lowest BCUT2D eigenvalue weighted by atomic mass is 10.2. The summed E-state index contributed by atoms with van der Waals surface area (Å²) in [5, 5.41) is 0. The summed E-state index contributed by atoms with van der Waals surface area (Å²) in [7, 11) is 0. The molecule has 0 aliphatic carbocycles. The van der Waals surface area contributed by atoms with E-state index < -0.39 is 17.8 Å². The molecule has 0 aromatic heterocycles. The van der Waals surface area contributed by atoms with Gasteiger partial charge in [0.05, 0.1) is 5.69 Å². The molecule has 0 saturated carbocycles. The Kier molecular flexibility index (Phi) is 5.05. The van der Waals surface area contributed by atoms with Gasteiger partial charge in [-0.3, -0.25) is 14.5 Å². The molecule has 1 saturated heterocycles. The van der Waals surface area contributed by atoms with Gasteiger partial charge >= 0.3 is 6.03 Å². The number of anilines is 1. The predicted octanol–water partition coefficient (Wildman–Crippen LogP) is 1.80. The normalized spacial score (nSPS) is 15.8. The molecule has 1 fully saturated rings. The number of nitrogens with zero attached hydrogens (tertiary/aromatic N) is 2. The smallest absolute Gasteiger partial charge is 0.338 e. The molecule has 6 nitrogen and oxygen atoms in total. The van der Waals surface area contributed by atoms with Crippen LogP contribution in [0.1, 0.15) is 19.8 Å². The molecule has 2 rings (SSSR count). The maximum absolute atomic E-state index is 12.4. The van der Waals surface area contributed by atoms with Crippen LogP contribution in [0.5, 0.6) is 0 Å². The molecule has 0 atom stereocenters. The quantitative estimate of drug-likeness (QED) is 0.592. The zero-order chi connectivity index (χ0) is 15.2. The van der Waals surface area contributed by atoms with Gasteiger partial charge < -0.3 is 4.74 Å². The number of carbonyl (C=O) groups excluding carboxylic acids is 3. The van der Waals surface area contributed by atoms with Gasteiger partial charge in [0.1, 0.15) is 6.42 Å². The van der Waals surface area contributed by atoms with Crippen molar-refractivity contribution < 1.29 is 19.1 Å². The van der Waals surface area contributed by atoms with Crippen LogP contribution >= 0.6 is 0 Å². The molecule has 0 N–H and O–H groups in total. The van der Waals surface area contributed by atoms with Crippen LogP contribution in [0.2, 0.25) is 0 Å². The molecule has 1 aliphatic heterocycles. The minimum absolute atomic E-state index is 0.258. The van der Waals surface area contributed by atoms with Gasteiger partial charge in [0, 0.05) is 19.8 Å². The average molecular weight is 290 g/mol. The first-order chi connectivity index (χ1) is 10.1. The lowest BCUT2D eigenvalue weighted by Gasteiger charge is -2.32. The summed E-state index contributed by atoms with van der Waals surface area (Å²) < 4.78 is 5.20. The van der Waals surface area contributed by atoms with Crippen molar-refractivity contribution in [2.45, 2.75) is 19.8 Å². The van der Waals surface area contributed by atoms with Crippen LogP contribution < -0.4 is 4.90 Å². The molecule has 6 heteroatoms. The third-order valence-corrected chi connectivity index (χ3v) is 3.16. The van der Waals surface area contributed by atoms with Gasteiger partial charge in [-0.2, -0.15) is 0 Å². The summed E-state index contributed by atoms with van der Waals surface area (Å²) in [6.45, 7) is 3.21. The number of amides is 4. The van der Waals surface area contributed by atoms with E-state index in [1.165, 1.54) is 0 Å². The van der Waals surface area contributed by atoms with Gasteiger partial charge in [0.15, 0.2) is 0 Å². The summed E-state index contributed by atoms with van der Waals surface area (Å²) in [6.07, 6.45) is 0.275. The molecule has 0 unspecified atom stereocenters. The zero-order valence-electron chi connectivity index (χ0n) is 11.9. The van der Waals surface area contributed by atoms with Gasteiger partial charge in [-0.1, -0.05) is 18.2 Å². The van der Waals surface area contributed by atoms with Gasteiger partial charge in [-0.05, 0) is 25.5 Å². The Balaban J connectivity index is 2.10. The second kappa shape index (κ2) is 6.99. The molecule has 1 aromatic rings. The highest BCUT2D eigenvalue weighted by Gasteiger charge is 2.38. The third kappa shape index (κ3) is 3.46. The van der Waals surface area contributed by atoms with E-state index >= 15 is 0 Å². The molecular weight excluding hydrogens is 272 g/mol. The molecule has 0 spiro atoms. The van der Waals surface area contributed by atoms with E-state index in [0.717, 1.165) is 9.80 Å². The Hall–Kier alpha value is -2.21. The standard InChI is InChI=1S/C15H18N2O4/c1-2-21-10-6-9-16-13(18)11-14(19)17(15(16)20)12-7-4-3-5-8-12/h3-5,7-8H,2,6,9-11H2,1H3. The first-order valence-electron chi connectivity index (χ1n) is 6.95. The Morgan fingerprint density at radius 1 is 1.10 bits per heavy atom. The summed E-state index contributed by atoms with van der Waals surface area (Å²) in [5.74, 6) is -0.939. The molecule has 1 heterocycles. The monoisotopic (exact) mass is 290 g/mol. The van der Waals surface area contributed by atoms with Crippen molar-refractivity contribution in [2.24, 2.45) is 0 Å². The Morgan fingerprint density at radius 2 is 1.81 bits per heavy atom. The molecule has 21 heavy (non-hydrogen) atoms. The Labute approximate surface area is 123 Å². The number of rotatable bonds is 6. The molecule has 0 radical (unpaired) electrons. The van der Waals surface area contributed by atoms with E-state index in [-0.39, 0.29) is 13.0 Å². The Bertz CT molecular complexity index is 530. The fourth-order valence-corrected chi connectivity index (χ4v) is 2.16. The second-order valence-corrected chi connectivity index (χ2v) is 4.62. The van der Waals surface area contributed by atoms with Gasteiger partial charge in [0.2, 0.25) is 11.8 Å². The summed E-state index contributed by atoms with van der Waals surface area (Å²) >= 11 is 0. The number of benzene rings is 1. The van der Waals surface area contributed by atoms with Crippen LogP contribution in [-0.4, -0.2) is 42.5 Å². The molecule has 112 valence electrons. The van der Waals surface area contributed by atoms with Crippen molar-refractivity contribution in [3.05, 3.63) is 30.3 Å². The first-order valence-corrected chi connectivity index (χ1v) is 6.95. The number of hydrogen-bond acceptors (Lipinski definition) is 4. The molecular formula is C15H18N2O4. The van der Waals surface area contributed by atoms with Crippen molar-refractivity contribution in [2.75, 3.05) is 24.7 Å². The third-order valence-electron chi connectivity index (χ3n) is 3.16. The number of ether oxygens (including phenoxy) is 1. The van der Waals surface area contributed by atoms with Crippen LogP contribution in [0.4, 0.5) is 10.5 Å². The van der Waals surface area contributed by atoms with Crippen molar-refractivity contribution >= 4 is 23.5 Å². The lowest BCUT2D eigenvalue weighted by Crippen LogP contribution is -2.55. The lowest BCUT2D eigenvalue weighted by molar-refractivity contribution is -0.134. The van der Waals surface area contributed by atoms with E-state index in [1.54, 1.807) is 30.3 Å². The second-order valence-electron chi connectivity index (χ2n) is 4.62. The van der Waals surface area contributed by atoms with E-state index in [9.17, 15) is 14.4 Å². The van der Waals surface area contributed by atoms with Crippen molar-refractivity contribution in [1.82, 2.24) is 4.90 Å². The zero-order valence-corrected chi connectivity index (χ0v) is 11.9. The molecule has 1 aromatic carbocycles. The number of hydrogen-bond donors (Lipinski definition) is 0. The van der Waals surface area contributed by atoms with Crippen molar-refractivity contribution in [3.63, 3.8) is 0 Å². The van der Waals surface area contributed by atoms with E-state index in [1.807, 2.05) is 6.92 Å². The number of carbonyl (C=O) groups is 3. The molecule has 1 aliphatic rings. The molecule has 4 amide bonds. The first kappa shape index (κ1) is 15.2. The highest BCUT2D eigenvalue weighted by molar-refractivity contribution is 6.26. The topological polar surface area (TPSA) is 66.9 Å². The highest BCUT2D eigenvalue weighted by Crippen LogP contribution is 2.21. The number of para-hydroxylation sites is 1. The largest absolute Gasteiger partial charge is 0.382 e. The summed E-state index contributed by atoms with van der Waals surface area (Å²) in [4.78, 5) is 38.4. The van der Waals surface area contributed by atoms with Crippen LogP contribution in [0.15, 0.2) is 30.3 Å². The van der Waals surface area contributed by atoms with Gasteiger partial charge in [-0.15, -0.1) is 0 Å². The van der Waals surface area contributed by atoms with E-state index in [0.29, 0.717) is 25.3 Å². The number of imide groups is 2. The average Bonchev–Trinajstić information content (AvgIpc) is 2.47. The van der Waals surface area contributed by atoms with Crippen LogP contribution in [0, 0.1) is 0 Å². The van der Waals surface area contributed by atoms with Crippen molar-refractivity contribution in [1.29, 1.82) is 0 Å². The predicted molar refractivity (Wildman–Crippen MR) is 76.8 cm³/mol. The SMILES string of the molecule is CCOCCCN1C(=O)CC(=O)N(c2ccccc2)C1=O. The van der Waals surface area contributed by atoms with Crippen LogP contribution in [-0.2, 0) is 14.3 Å². The minimum Gasteiger partial charge on any atom is -0.382 e. The number of urea groups is 1. The molecule has 0 bridgehead atoms. The minimum atomic E-state index is -0.584. The van der Waals surface area contributed by atoms with Gasteiger partial charge in [0.25, 0.3) is 0 Å². The fourth-order valence-electron chi connectivity index (χ4n) is 2.16. The van der Waals surface area contributed by atoms with Crippen molar-refractivity contribution in [3.8, 4) is 0 Å². The summed E-state index contributed by atoms with van der Waals surface area (Å²) in [6, 6.07) is 8.04. The van der Waals surface area contributed by atoms with E-state index in [2.05, 4.69) is 0 Å². The fraction of sp³-hybridized carbons (Fsp3) is 0.400. The number of barbiturate groups is 1.